The fourth-order valence-electron chi connectivity index (χ4n) is 3.37. The molecule has 1 aromatic heterocycles. The van der Waals surface area contributed by atoms with Crippen LogP contribution in [0.25, 0.3) is 0 Å². The smallest absolute Gasteiger partial charge is 0.268 e. The largest absolute Gasteiger partial charge is 0.347 e. The first-order valence-electron chi connectivity index (χ1n) is 9.47. The standard InChI is InChI=1S/C18H32N4O3S/c1-4-5-8-15(11-19)20-18(23)17-10-16(13-21(17)3)26(24,25)22-9-6-7-14(2)12-22/h10,13-15H,4-9,11-12,19H2,1-3H3,(H,20,23). The quantitative estimate of drug-likeness (QED) is 0.713. The fourth-order valence-corrected chi connectivity index (χ4v) is 5.04. The maximum Gasteiger partial charge on any atom is 0.268 e. The number of carbonyl (C=O) groups is 1. The summed E-state index contributed by atoms with van der Waals surface area (Å²) in [5.41, 5.74) is 6.08. The van der Waals surface area contributed by atoms with Gasteiger partial charge in [-0.2, -0.15) is 4.31 Å². The SMILES string of the molecule is CCCCC(CN)NC(=O)c1cc(S(=O)(=O)N2CCCC(C)C2)cn1C. The van der Waals surface area contributed by atoms with E-state index >= 15 is 0 Å². The van der Waals surface area contributed by atoms with Crippen LogP contribution >= 0.6 is 0 Å². The molecule has 1 fully saturated rings. The van der Waals surface area contributed by atoms with Gasteiger partial charge in [-0.15, -0.1) is 0 Å². The number of carbonyl (C=O) groups excluding carboxylic acids is 1. The van der Waals surface area contributed by atoms with Crippen LogP contribution in [-0.4, -0.2) is 48.9 Å². The zero-order chi connectivity index (χ0) is 19.3. The molecule has 1 aliphatic heterocycles. The Morgan fingerprint density at radius 1 is 1.46 bits per heavy atom. The van der Waals surface area contributed by atoms with Crippen molar-refractivity contribution in [1.29, 1.82) is 0 Å². The summed E-state index contributed by atoms with van der Waals surface area (Å²) in [6, 6.07) is 1.37. The summed E-state index contributed by atoms with van der Waals surface area (Å²) in [6.07, 6.45) is 6.28. The Morgan fingerprint density at radius 3 is 2.81 bits per heavy atom. The van der Waals surface area contributed by atoms with Gasteiger partial charge in [-0.25, -0.2) is 8.42 Å². The van der Waals surface area contributed by atoms with E-state index < -0.39 is 10.0 Å². The summed E-state index contributed by atoms with van der Waals surface area (Å²) in [5, 5.41) is 2.92. The second-order valence-electron chi connectivity index (χ2n) is 7.33. The molecule has 0 aliphatic carbocycles. The fraction of sp³-hybridized carbons (Fsp3) is 0.722. The Morgan fingerprint density at radius 2 is 2.19 bits per heavy atom. The van der Waals surface area contributed by atoms with Crippen molar-refractivity contribution in [3.8, 4) is 0 Å². The van der Waals surface area contributed by atoms with Gasteiger partial charge >= 0.3 is 0 Å². The molecule has 7 nitrogen and oxygen atoms in total. The van der Waals surface area contributed by atoms with Crippen LogP contribution in [0.15, 0.2) is 17.2 Å². The molecule has 26 heavy (non-hydrogen) atoms. The van der Waals surface area contributed by atoms with E-state index in [1.165, 1.54) is 16.6 Å². The summed E-state index contributed by atoms with van der Waals surface area (Å²) in [5.74, 6) is 0.0707. The van der Waals surface area contributed by atoms with Gasteiger partial charge in [-0.3, -0.25) is 4.79 Å². The average Bonchev–Trinajstić information content (AvgIpc) is 3.01. The van der Waals surface area contributed by atoms with Crippen molar-refractivity contribution in [1.82, 2.24) is 14.2 Å². The van der Waals surface area contributed by atoms with Gasteiger partial charge in [-0.05, 0) is 31.2 Å². The molecule has 2 atom stereocenters. The zero-order valence-corrected chi connectivity index (χ0v) is 16.9. The molecule has 8 heteroatoms. The van der Waals surface area contributed by atoms with Crippen LogP contribution in [0.1, 0.15) is 56.4 Å². The lowest BCUT2D eigenvalue weighted by Gasteiger charge is -2.29. The van der Waals surface area contributed by atoms with E-state index in [9.17, 15) is 13.2 Å². The molecular weight excluding hydrogens is 352 g/mol. The lowest BCUT2D eigenvalue weighted by molar-refractivity contribution is 0.0927. The number of nitrogens with zero attached hydrogens (tertiary/aromatic N) is 2. The number of piperidine rings is 1. The first-order valence-corrected chi connectivity index (χ1v) is 10.9. The van der Waals surface area contributed by atoms with Gasteiger partial charge in [0.15, 0.2) is 0 Å². The second-order valence-corrected chi connectivity index (χ2v) is 9.27. The van der Waals surface area contributed by atoms with E-state index in [1.54, 1.807) is 11.6 Å². The highest BCUT2D eigenvalue weighted by Gasteiger charge is 2.30. The van der Waals surface area contributed by atoms with E-state index in [-0.39, 0.29) is 16.8 Å². The zero-order valence-electron chi connectivity index (χ0n) is 16.1. The molecule has 148 valence electrons. The third-order valence-corrected chi connectivity index (χ3v) is 6.83. The number of nitrogens with two attached hydrogens (primary N) is 1. The predicted octanol–water partition coefficient (Wildman–Crippen LogP) is 1.69. The number of amides is 1. The normalized spacial score (nSPS) is 20.1. The monoisotopic (exact) mass is 384 g/mol. The van der Waals surface area contributed by atoms with E-state index in [2.05, 4.69) is 19.2 Å². The van der Waals surface area contributed by atoms with Gasteiger partial charge in [-0.1, -0.05) is 26.7 Å². The molecule has 2 rings (SSSR count). The van der Waals surface area contributed by atoms with Crippen molar-refractivity contribution in [3.05, 3.63) is 18.0 Å². The number of aryl methyl sites for hydroxylation is 1. The number of hydrogen-bond acceptors (Lipinski definition) is 4. The highest BCUT2D eigenvalue weighted by Crippen LogP contribution is 2.24. The van der Waals surface area contributed by atoms with Crippen LogP contribution in [0.3, 0.4) is 0 Å². The molecule has 0 spiro atoms. The predicted molar refractivity (Wildman–Crippen MR) is 102 cm³/mol. The van der Waals surface area contributed by atoms with Gasteiger partial charge in [0.25, 0.3) is 5.91 Å². The topological polar surface area (TPSA) is 97.4 Å². The summed E-state index contributed by atoms with van der Waals surface area (Å²) in [7, 11) is -1.88. The van der Waals surface area contributed by atoms with E-state index in [0.717, 1.165) is 32.1 Å². The van der Waals surface area contributed by atoms with Crippen molar-refractivity contribution in [2.75, 3.05) is 19.6 Å². The summed E-state index contributed by atoms with van der Waals surface area (Å²) in [4.78, 5) is 12.7. The first kappa shape index (κ1) is 20.9. The maximum absolute atomic E-state index is 12.9. The van der Waals surface area contributed by atoms with Crippen LogP contribution in [-0.2, 0) is 17.1 Å². The Hall–Kier alpha value is -1.38. The third-order valence-electron chi connectivity index (χ3n) is 5.00. The van der Waals surface area contributed by atoms with Crippen LogP contribution in [0, 0.1) is 5.92 Å². The van der Waals surface area contributed by atoms with Crippen molar-refractivity contribution < 1.29 is 13.2 Å². The van der Waals surface area contributed by atoms with Gasteiger partial charge in [0.1, 0.15) is 10.6 Å². The van der Waals surface area contributed by atoms with Gasteiger partial charge in [0.05, 0.1) is 0 Å². The van der Waals surface area contributed by atoms with Gasteiger partial charge < -0.3 is 15.6 Å². The molecule has 0 aromatic carbocycles. The van der Waals surface area contributed by atoms with E-state index in [0.29, 0.717) is 31.2 Å². The molecule has 3 N–H and O–H groups in total. The second kappa shape index (κ2) is 9.01. The molecule has 0 radical (unpaired) electrons. The van der Waals surface area contributed by atoms with Gasteiger partial charge in [0, 0.05) is 38.9 Å². The summed E-state index contributed by atoms with van der Waals surface area (Å²) in [6.45, 7) is 5.59. The lowest BCUT2D eigenvalue weighted by atomic mass is 10.0. The van der Waals surface area contributed by atoms with Crippen LogP contribution in [0.2, 0.25) is 0 Å². The van der Waals surface area contributed by atoms with Crippen molar-refractivity contribution >= 4 is 15.9 Å². The minimum atomic E-state index is -3.57. The average molecular weight is 385 g/mol. The molecule has 0 saturated carbocycles. The third kappa shape index (κ3) is 4.86. The van der Waals surface area contributed by atoms with Crippen LogP contribution in [0.4, 0.5) is 0 Å². The Bertz CT molecular complexity index is 714. The Kier molecular flexibility index (Phi) is 7.25. The highest BCUT2D eigenvalue weighted by molar-refractivity contribution is 7.89. The van der Waals surface area contributed by atoms with Crippen molar-refractivity contribution in [2.24, 2.45) is 18.7 Å². The molecule has 0 bridgehead atoms. The Balaban J connectivity index is 2.15. The minimum Gasteiger partial charge on any atom is -0.347 e. The van der Waals surface area contributed by atoms with E-state index in [1.807, 2.05) is 0 Å². The molecular formula is C18H32N4O3S. The number of nitrogens with one attached hydrogen (secondary N) is 1. The maximum atomic E-state index is 12.9. The number of hydrogen-bond donors (Lipinski definition) is 2. The highest BCUT2D eigenvalue weighted by atomic mass is 32.2. The van der Waals surface area contributed by atoms with Crippen LogP contribution in [0.5, 0.6) is 0 Å². The van der Waals surface area contributed by atoms with Gasteiger partial charge in [0.2, 0.25) is 10.0 Å². The Labute approximate surface area is 157 Å². The number of sulfonamides is 1. The molecule has 1 aromatic rings. The molecule has 2 heterocycles. The molecule has 2 unspecified atom stereocenters. The number of aromatic nitrogens is 1. The van der Waals surface area contributed by atoms with Crippen molar-refractivity contribution in [2.45, 2.75) is 56.9 Å². The number of unbranched alkanes of at least 4 members (excludes halogenated alkanes) is 1. The molecule has 1 amide bonds. The van der Waals surface area contributed by atoms with Crippen molar-refractivity contribution in [3.63, 3.8) is 0 Å². The van der Waals surface area contributed by atoms with E-state index in [4.69, 9.17) is 5.73 Å². The summed E-state index contributed by atoms with van der Waals surface area (Å²) >= 11 is 0. The number of rotatable bonds is 8. The molecule has 1 saturated heterocycles. The van der Waals surface area contributed by atoms with Crippen LogP contribution < -0.4 is 11.1 Å². The lowest BCUT2D eigenvalue weighted by Crippen LogP contribution is -2.40. The first-order chi connectivity index (χ1) is 12.3. The minimum absolute atomic E-state index is 0.0969. The molecule has 1 aliphatic rings. The summed E-state index contributed by atoms with van der Waals surface area (Å²) < 4.78 is 28.9.